The molecule has 0 unspecified atom stereocenters. The van der Waals surface area contributed by atoms with E-state index in [4.69, 9.17) is 23.8 Å². The van der Waals surface area contributed by atoms with Crippen molar-refractivity contribution in [2.75, 3.05) is 0 Å². The number of H-pyrrole nitrogens is 1. The van der Waals surface area contributed by atoms with Crippen LogP contribution in [0.2, 0.25) is 5.02 Å². The second-order valence-corrected chi connectivity index (χ2v) is 3.75. The average molecular weight is 231 g/mol. The van der Waals surface area contributed by atoms with E-state index in [2.05, 4.69) is 4.98 Å². The van der Waals surface area contributed by atoms with Crippen LogP contribution in [0.1, 0.15) is 6.92 Å². The van der Waals surface area contributed by atoms with Gasteiger partial charge in [0, 0.05) is 12.6 Å². The third kappa shape index (κ3) is 1.35. The number of aromatic amines is 1. The van der Waals surface area contributed by atoms with Crippen LogP contribution < -0.4 is 0 Å². The molecule has 1 heterocycles. The number of rotatable bonds is 1. The van der Waals surface area contributed by atoms with Crippen LogP contribution in [0.3, 0.4) is 0 Å². The Morgan fingerprint density at radius 3 is 2.93 bits per heavy atom. The van der Waals surface area contributed by atoms with E-state index in [0.717, 1.165) is 11.0 Å². The number of halogens is 2. The summed E-state index contributed by atoms with van der Waals surface area (Å²) in [4.78, 5) is 2.97. The molecule has 0 aliphatic carbocycles. The molecular formula is C9H8ClFN2S. The number of aryl methyl sites for hydroxylation is 1. The van der Waals surface area contributed by atoms with Crippen molar-refractivity contribution in [2.24, 2.45) is 0 Å². The highest BCUT2D eigenvalue weighted by Gasteiger charge is 2.07. The molecule has 2 rings (SSSR count). The molecule has 0 aliphatic rings. The summed E-state index contributed by atoms with van der Waals surface area (Å²) in [6.07, 6.45) is 0. The van der Waals surface area contributed by atoms with Crippen LogP contribution in [-0.2, 0) is 6.54 Å². The molecule has 2 nitrogen and oxygen atoms in total. The van der Waals surface area contributed by atoms with Crippen molar-refractivity contribution in [3.63, 3.8) is 0 Å². The van der Waals surface area contributed by atoms with E-state index in [1.807, 2.05) is 11.5 Å². The highest BCUT2D eigenvalue weighted by molar-refractivity contribution is 7.71. The third-order valence-corrected chi connectivity index (χ3v) is 2.74. The van der Waals surface area contributed by atoms with Crippen molar-refractivity contribution >= 4 is 34.9 Å². The van der Waals surface area contributed by atoms with Crippen LogP contribution in [0.4, 0.5) is 4.39 Å². The zero-order valence-electron chi connectivity index (χ0n) is 7.47. The molecular weight excluding hydrogens is 223 g/mol. The van der Waals surface area contributed by atoms with Gasteiger partial charge in [-0.15, -0.1) is 0 Å². The fourth-order valence-electron chi connectivity index (χ4n) is 1.47. The van der Waals surface area contributed by atoms with Crippen molar-refractivity contribution in [3.8, 4) is 0 Å². The van der Waals surface area contributed by atoms with E-state index in [-0.39, 0.29) is 5.02 Å². The first-order valence-electron chi connectivity index (χ1n) is 4.21. The van der Waals surface area contributed by atoms with E-state index >= 15 is 0 Å². The molecule has 1 aromatic heterocycles. The van der Waals surface area contributed by atoms with Gasteiger partial charge in [-0.25, -0.2) is 4.39 Å². The fraction of sp³-hybridized carbons (Fsp3) is 0.222. The molecule has 0 bridgehead atoms. The van der Waals surface area contributed by atoms with Gasteiger partial charge in [0.15, 0.2) is 4.77 Å². The lowest BCUT2D eigenvalue weighted by Crippen LogP contribution is -1.93. The lowest BCUT2D eigenvalue weighted by molar-refractivity contribution is 0.628. The van der Waals surface area contributed by atoms with E-state index in [9.17, 15) is 4.39 Å². The maximum absolute atomic E-state index is 13.2. The normalized spacial score (nSPS) is 11.1. The van der Waals surface area contributed by atoms with Crippen LogP contribution in [0.25, 0.3) is 11.0 Å². The quantitative estimate of drug-likeness (QED) is 0.744. The van der Waals surface area contributed by atoms with Gasteiger partial charge in [0.05, 0.1) is 16.1 Å². The third-order valence-electron chi connectivity index (χ3n) is 2.13. The minimum Gasteiger partial charge on any atom is -0.331 e. The Bertz CT molecular complexity index is 543. The largest absolute Gasteiger partial charge is 0.331 e. The van der Waals surface area contributed by atoms with Crippen LogP contribution in [0.15, 0.2) is 12.1 Å². The first-order valence-corrected chi connectivity index (χ1v) is 4.99. The number of nitrogens with zero attached hydrogens (tertiary/aromatic N) is 1. The van der Waals surface area contributed by atoms with Crippen LogP contribution in [0, 0.1) is 10.6 Å². The van der Waals surface area contributed by atoms with Crippen LogP contribution in [-0.4, -0.2) is 9.55 Å². The minimum absolute atomic E-state index is 0.108. The summed E-state index contributed by atoms with van der Waals surface area (Å²) in [5.74, 6) is -0.421. The van der Waals surface area contributed by atoms with Gasteiger partial charge in [-0.3, -0.25) is 0 Å². The molecule has 0 atom stereocenters. The summed E-state index contributed by atoms with van der Waals surface area (Å²) in [5, 5.41) is 0.108. The number of benzene rings is 1. The lowest BCUT2D eigenvalue weighted by atomic mass is 10.3. The summed E-state index contributed by atoms with van der Waals surface area (Å²) >= 11 is 10.7. The van der Waals surface area contributed by atoms with Gasteiger partial charge in [0.2, 0.25) is 0 Å². The Morgan fingerprint density at radius 1 is 1.57 bits per heavy atom. The summed E-state index contributed by atoms with van der Waals surface area (Å²) in [6, 6.07) is 2.95. The predicted molar refractivity (Wildman–Crippen MR) is 57.8 cm³/mol. The second-order valence-electron chi connectivity index (χ2n) is 2.96. The van der Waals surface area contributed by atoms with Gasteiger partial charge in [-0.05, 0) is 25.2 Å². The zero-order chi connectivity index (χ0) is 10.3. The fourth-order valence-corrected chi connectivity index (χ4v) is 1.97. The standard InChI is InChI=1S/C9H8ClFN2S/c1-2-13-8-4-6(11)5(10)3-7(8)12-9(13)14/h3-4H,2H2,1H3,(H,12,14). The molecule has 0 spiro atoms. The molecule has 0 amide bonds. The Hall–Kier alpha value is -0.870. The number of hydrogen-bond acceptors (Lipinski definition) is 1. The summed E-state index contributed by atoms with van der Waals surface area (Å²) < 4.78 is 15.6. The van der Waals surface area contributed by atoms with Crippen molar-refractivity contribution in [1.29, 1.82) is 0 Å². The number of hydrogen-bond donors (Lipinski definition) is 1. The van der Waals surface area contributed by atoms with E-state index in [1.165, 1.54) is 6.07 Å². The molecule has 1 N–H and O–H groups in total. The van der Waals surface area contributed by atoms with Gasteiger partial charge in [0.25, 0.3) is 0 Å². The van der Waals surface area contributed by atoms with Crippen molar-refractivity contribution in [2.45, 2.75) is 13.5 Å². The predicted octanol–water partition coefficient (Wildman–Crippen LogP) is 3.51. The van der Waals surface area contributed by atoms with Gasteiger partial charge in [0.1, 0.15) is 5.82 Å². The molecule has 0 fully saturated rings. The maximum Gasteiger partial charge on any atom is 0.178 e. The summed E-state index contributed by atoms with van der Waals surface area (Å²) in [6.45, 7) is 2.66. The lowest BCUT2D eigenvalue weighted by Gasteiger charge is -1.99. The first-order chi connectivity index (χ1) is 6.63. The molecule has 0 radical (unpaired) electrons. The maximum atomic E-state index is 13.2. The highest BCUT2D eigenvalue weighted by atomic mass is 35.5. The minimum atomic E-state index is -0.421. The van der Waals surface area contributed by atoms with Crippen molar-refractivity contribution < 1.29 is 4.39 Å². The van der Waals surface area contributed by atoms with Crippen molar-refractivity contribution in [1.82, 2.24) is 9.55 Å². The Kier molecular flexibility index (Phi) is 2.33. The monoisotopic (exact) mass is 230 g/mol. The Morgan fingerprint density at radius 2 is 2.29 bits per heavy atom. The number of nitrogens with one attached hydrogen (secondary N) is 1. The smallest absolute Gasteiger partial charge is 0.178 e. The number of fused-ring (bicyclic) bond motifs is 1. The SMILES string of the molecule is CCn1c(=S)[nH]c2cc(Cl)c(F)cc21. The summed E-state index contributed by atoms with van der Waals surface area (Å²) in [7, 11) is 0. The first kappa shape index (κ1) is 9.68. The van der Waals surface area contributed by atoms with Gasteiger partial charge >= 0.3 is 0 Å². The molecule has 5 heteroatoms. The molecule has 14 heavy (non-hydrogen) atoms. The summed E-state index contributed by atoms with van der Waals surface area (Å²) in [5.41, 5.74) is 1.52. The Labute approximate surface area is 90.3 Å². The molecule has 1 aromatic carbocycles. The van der Waals surface area contributed by atoms with Crippen LogP contribution >= 0.6 is 23.8 Å². The second kappa shape index (κ2) is 3.37. The topological polar surface area (TPSA) is 20.7 Å². The number of imidazole rings is 1. The van der Waals surface area contributed by atoms with Crippen LogP contribution in [0.5, 0.6) is 0 Å². The molecule has 0 saturated heterocycles. The Balaban J connectivity index is 2.89. The number of aromatic nitrogens is 2. The van der Waals surface area contributed by atoms with E-state index in [1.54, 1.807) is 6.07 Å². The van der Waals surface area contributed by atoms with E-state index in [0.29, 0.717) is 11.3 Å². The van der Waals surface area contributed by atoms with Gasteiger partial charge < -0.3 is 9.55 Å². The molecule has 0 aliphatic heterocycles. The zero-order valence-corrected chi connectivity index (χ0v) is 9.05. The molecule has 0 saturated carbocycles. The van der Waals surface area contributed by atoms with Crippen molar-refractivity contribution in [3.05, 3.63) is 27.7 Å². The molecule has 2 aromatic rings. The van der Waals surface area contributed by atoms with Gasteiger partial charge in [-0.2, -0.15) is 0 Å². The highest BCUT2D eigenvalue weighted by Crippen LogP contribution is 2.22. The molecule has 74 valence electrons. The van der Waals surface area contributed by atoms with E-state index < -0.39 is 5.82 Å². The average Bonchev–Trinajstić information content (AvgIpc) is 2.42. The van der Waals surface area contributed by atoms with Gasteiger partial charge in [-0.1, -0.05) is 11.6 Å².